The van der Waals surface area contributed by atoms with Crippen LogP contribution in [0.1, 0.15) is 30.4 Å². The average molecular weight is 304 g/mol. The van der Waals surface area contributed by atoms with E-state index < -0.39 is 6.61 Å². The molecule has 0 aliphatic carbocycles. The van der Waals surface area contributed by atoms with Gasteiger partial charge in [0.1, 0.15) is 12.4 Å². The van der Waals surface area contributed by atoms with Gasteiger partial charge >= 0.3 is 0 Å². The molecule has 2 aromatic rings. The van der Waals surface area contributed by atoms with Gasteiger partial charge in [-0.2, -0.15) is 0 Å². The number of aliphatic hydroxyl groups is 1. The van der Waals surface area contributed by atoms with Crippen molar-refractivity contribution in [1.29, 1.82) is 0 Å². The van der Waals surface area contributed by atoms with Crippen LogP contribution >= 0.6 is 0 Å². The number of carbonyl (C=O) groups excluding carboxylic acids is 1. The molecular formula is C14H20N6O2. The lowest BCUT2D eigenvalue weighted by Crippen LogP contribution is -2.39. The molecule has 0 atom stereocenters. The average Bonchev–Trinajstić information content (AvgIpc) is 3.18. The van der Waals surface area contributed by atoms with Crippen LogP contribution in [0.15, 0.2) is 18.7 Å². The van der Waals surface area contributed by atoms with Crippen LogP contribution in [0.3, 0.4) is 0 Å². The van der Waals surface area contributed by atoms with Crippen molar-refractivity contribution in [2.45, 2.75) is 25.3 Å². The minimum absolute atomic E-state index is 0.197. The molecule has 1 fully saturated rings. The lowest BCUT2D eigenvalue weighted by molar-refractivity contribution is -0.135. The van der Waals surface area contributed by atoms with E-state index in [2.05, 4.69) is 15.2 Å². The highest BCUT2D eigenvalue weighted by Crippen LogP contribution is 2.26. The van der Waals surface area contributed by atoms with Gasteiger partial charge in [-0.3, -0.25) is 4.79 Å². The molecule has 0 spiro atoms. The summed E-state index contributed by atoms with van der Waals surface area (Å²) in [4.78, 5) is 17.2. The molecule has 1 N–H and O–H groups in total. The van der Waals surface area contributed by atoms with Crippen molar-refractivity contribution < 1.29 is 9.90 Å². The highest BCUT2D eigenvalue weighted by Gasteiger charge is 2.26. The number of carbonyl (C=O) groups is 1. The van der Waals surface area contributed by atoms with Gasteiger partial charge in [-0.25, -0.2) is 4.98 Å². The zero-order chi connectivity index (χ0) is 15.5. The van der Waals surface area contributed by atoms with Crippen molar-refractivity contribution in [2.24, 2.45) is 7.05 Å². The Morgan fingerprint density at radius 1 is 1.36 bits per heavy atom. The van der Waals surface area contributed by atoms with Gasteiger partial charge in [-0.05, 0) is 12.8 Å². The topological polar surface area (TPSA) is 89.1 Å². The summed E-state index contributed by atoms with van der Waals surface area (Å²) >= 11 is 0. The lowest BCUT2D eigenvalue weighted by atomic mass is 9.96. The Kier molecular flexibility index (Phi) is 4.19. The van der Waals surface area contributed by atoms with E-state index in [-0.39, 0.29) is 5.91 Å². The van der Waals surface area contributed by atoms with E-state index in [1.807, 2.05) is 22.4 Å². The van der Waals surface area contributed by atoms with Crippen LogP contribution < -0.4 is 0 Å². The van der Waals surface area contributed by atoms with Crippen LogP contribution in [-0.2, 0) is 18.4 Å². The van der Waals surface area contributed by atoms with E-state index >= 15 is 0 Å². The first-order valence-corrected chi connectivity index (χ1v) is 7.41. The number of imidazole rings is 1. The predicted octanol–water partition coefficient (Wildman–Crippen LogP) is -0.242. The minimum Gasteiger partial charge on any atom is -0.387 e. The maximum absolute atomic E-state index is 11.5. The first-order valence-electron chi connectivity index (χ1n) is 7.41. The third-order valence-corrected chi connectivity index (χ3v) is 4.23. The summed E-state index contributed by atoms with van der Waals surface area (Å²) in [5.41, 5.74) is 0. The Hall–Kier alpha value is -2.22. The number of likely N-dealkylation sites (tertiary alicyclic amines) is 1. The fraction of sp³-hybridized carbons (Fsp3) is 0.571. The summed E-state index contributed by atoms with van der Waals surface area (Å²) in [7, 11) is 1.98. The summed E-state index contributed by atoms with van der Waals surface area (Å²) in [6, 6.07) is 0. The molecule has 1 saturated heterocycles. The molecule has 0 radical (unpaired) electrons. The molecule has 0 unspecified atom stereocenters. The monoisotopic (exact) mass is 304 g/mol. The van der Waals surface area contributed by atoms with Crippen molar-refractivity contribution in [2.75, 3.05) is 19.7 Å². The number of piperidine rings is 1. The van der Waals surface area contributed by atoms with Gasteiger partial charge < -0.3 is 19.1 Å². The SMILES string of the molecule is Cn1c(Cn2ccnc2)nnc1C1CCN(C(=O)CO)CC1. The summed E-state index contributed by atoms with van der Waals surface area (Å²) in [5.74, 6) is 1.96. The Morgan fingerprint density at radius 2 is 2.14 bits per heavy atom. The minimum atomic E-state index is -0.413. The van der Waals surface area contributed by atoms with Crippen LogP contribution in [-0.4, -0.2) is 59.9 Å². The highest BCUT2D eigenvalue weighted by molar-refractivity contribution is 5.77. The molecule has 3 rings (SSSR count). The standard InChI is InChI=1S/C14H20N6O2/c1-18-12(8-19-7-4-15-10-19)16-17-14(18)11-2-5-20(6-3-11)13(22)9-21/h4,7,10-11,21H,2-3,5-6,8-9H2,1H3. The van der Waals surface area contributed by atoms with E-state index in [0.717, 1.165) is 24.5 Å². The molecular weight excluding hydrogens is 284 g/mol. The van der Waals surface area contributed by atoms with Crippen molar-refractivity contribution >= 4 is 5.91 Å². The number of aliphatic hydroxyl groups excluding tert-OH is 1. The molecule has 1 aliphatic rings. The van der Waals surface area contributed by atoms with E-state index in [9.17, 15) is 4.79 Å². The molecule has 8 heteroatoms. The number of rotatable bonds is 4. The molecule has 0 saturated carbocycles. The van der Waals surface area contributed by atoms with Gasteiger partial charge in [0.15, 0.2) is 5.82 Å². The first kappa shape index (κ1) is 14.7. The smallest absolute Gasteiger partial charge is 0.248 e. The van der Waals surface area contributed by atoms with Gasteiger partial charge in [-0.15, -0.1) is 10.2 Å². The van der Waals surface area contributed by atoms with Gasteiger partial charge in [0.05, 0.1) is 12.9 Å². The fourth-order valence-corrected chi connectivity index (χ4v) is 2.90. The van der Waals surface area contributed by atoms with Gasteiger partial charge in [0.2, 0.25) is 5.91 Å². The maximum atomic E-state index is 11.5. The fourth-order valence-electron chi connectivity index (χ4n) is 2.90. The van der Waals surface area contributed by atoms with Crippen LogP contribution in [0.5, 0.6) is 0 Å². The molecule has 22 heavy (non-hydrogen) atoms. The predicted molar refractivity (Wildman–Crippen MR) is 78.0 cm³/mol. The number of amides is 1. The lowest BCUT2D eigenvalue weighted by Gasteiger charge is -2.31. The summed E-state index contributed by atoms with van der Waals surface area (Å²) < 4.78 is 3.99. The normalized spacial score (nSPS) is 16.2. The third-order valence-electron chi connectivity index (χ3n) is 4.23. The quantitative estimate of drug-likeness (QED) is 0.842. The number of nitrogens with zero attached hydrogens (tertiary/aromatic N) is 6. The second-order valence-electron chi connectivity index (χ2n) is 5.58. The third kappa shape index (κ3) is 2.87. The van der Waals surface area contributed by atoms with Gasteiger partial charge in [0, 0.05) is 38.4 Å². The van der Waals surface area contributed by atoms with Gasteiger partial charge in [-0.1, -0.05) is 0 Å². The molecule has 2 aromatic heterocycles. The van der Waals surface area contributed by atoms with Crippen LogP contribution in [0.25, 0.3) is 0 Å². The number of hydrogen-bond acceptors (Lipinski definition) is 5. The van der Waals surface area contributed by atoms with E-state index in [1.54, 1.807) is 17.4 Å². The van der Waals surface area contributed by atoms with Crippen LogP contribution in [0.2, 0.25) is 0 Å². The summed E-state index contributed by atoms with van der Waals surface area (Å²) in [5, 5.41) is 17.5. The van der Waals surface area contributed by atoms with Crippen molar-refractivity contribution in [3.63, 3.8) is 0 Å². The van der Waals surface area contributed by atoms with E-state index in [1.165, 1.54) is 0 Å². The first-order chi connectivity index (χ1) is 10.7. The van der Waals surface area contributed by atoms with Crippen molar-refractivity contribution in [1.82, 2.24) is 29.2 Å². The molecule has 1 aliphatic heterocycles. The van der Waals surface area contributed by atoms with Crippen LogP contribution in [0, 0.1) is 0 Å². The van der Waals surface area contributed by atoms with E-state index in [4.69, 9.17) is 5.11 Å². The highest BCUT2D eigenvalue weighted by atomic mass is 16.3. The molecule has 0 aromatic carbocycles. The Balaban J connectivity index is 1.66. The number of hydrogen-bond donors (Lipinski definition) is 1. The number of aromatic nitrogens is 5. The maximum Gasteiger partial charge on any atom is 0.248 e. The Morgan fingerprint density at radius 3 is 2.77 bits per heavy atom. The molecule has 1 amide bonds. The molecule has 8 nitrogen and oxygen atoms in total. The second-order valence-corrected chi connectivity index (χ2v) is 5.58. The molecule has 3 heterocycles. The zero-order valence-electron chi connectivity index (χ0n) is 12.6. The zero-order valence-corrected chi connectivity index (χ0v) is 12.6. The molecule has 118 valence electrons. The van der Waals surface area contributed by atoms with Crippen LogP contribution in [0.4, 0.5) is 0 Å². The van der Waals surface area contributed by atoms with Gasteiger partial charge in [0.25, 0.3) is 0 Å². The van der Waals surface area contributed by atoms with Crippen molar-refractivity contribution in [3.05, 3.63) is 30.4 Å². The summed E-state index contributed by atoms with van der Waals surface area (Å²) in [6.45, 7) is 1.55. The largest absolute Gasteiger partial charge is 0.387 e. The summed E-state index contributed by atoms with van der Waals surface area (Å²) in [6.07, 6.45) is 7.09. The van der Waals surface area contributed by atoms with E-state index in [0.29, 0.717) is 25.6 Å². The second kappa shape index (κ2) is 6.27. The Labute approximate surface area is 128 Å². The molecule has 0 bridgehead atoms. The Bertz CT molecular complexity index is 628. The van der Waals surface area contributed by atoms with Crippen molar-refractivity contribution in [3.8, 4) is 0 Å².